The molecule has 1 N–H and O–H groups in total. The Balaban J connectivity index is 1.51. The van der Waals surface area contributed by atoms with Crippen LogP contribution in [0.4, 0.5) is 5.00 Å². The van der Waals surface area contributed by atoms with Crippen LogP contribution in [0.1, 0.15) is 63.2 Å². The number of esters is 2. The summed E-state index contributed by atoms with van der Waals surface area (Å²) in [7, 11) is 1.45. The van der Waals surface area contributed by atoms with E-state index in [0.29, 0.717) is 32.8 Å². The number of aromatic nitrogens is 2. The van der Waals surface area contributed by atoms with Crippen LogP contribution in [-0.4, -0.2) is 34.2 Å². The Labute approximate surface area is 234 Å². The van der Waals surface area contributed by atoms with Crippen molar-refractivity contribution in [3.63, 3.8) is 0 Å². The summed E-state index contributed by atoms with van der Waals surface area (Å²) in [6.45, 7) is 4.10. The van der Waals surface area contributed by atoms with Crippen molar-refractivity contribution in [1.29, 1.82) is 0 Å². The largest absolute Gasteiger partial charge is 0.462 e. The molecule has 9 nitrogen and oxygen atoms in total. The van der Waals surface area contributed by atoms with Gasteiger partial charge in [-0.15, -0.1) is 11.3 Å². The standard InChI is InChI=1S/C30H29N3O6S/c1-4-38-29(36)23-21-15-14-17(2)16-22(21)40-27(23)31-26(34)25(18-10-6-5-7-11-18)39-30(37)24-19-12-8-9-13-20(19)28(35)33(3)32-24/h5-13,17,25H,4,14-16H2,1-3H3,(H,31,34)/t17-,25-/m1/s1. The average Bonchev–Trinajstić information content (AvgIpc) is 3.30. The lowest BCUT2D eigenvalue weighted by atomic mass is 9.88. The molecule has 5 rings (SSSR count). The molecule has 0 fully saturated rings. The average molecular weight is 560 g/mol. The Morgan fingerprint density at radius 1 is 1.07 bits per heavy atom. The Morgan fingerprint density at radius 3 is 2.50 bits per heavy atom. The zero-order valence-electron chi connectivity index (χ0n) is 22.4. The molecule has 0 radical (unpaired) electrons. The molecule has 1 aliphatic carbocycles. The van der Waals surface area contributed by atoms with Crippen LogP contribution in [0.3, 0.4) is 0 Å². The van der Waals surface area contributed by atoms with Gasteiger partial charge in [0.2, 0.25) is 6.10 Å². The number of amides is 1. The minimum absolute atomic E-state index is 0.0841. The van der Waals surface area contributed by atoms with Gasteiger partial charge in [-0.05, 0) is 43.7 Å². The smallest absolute Gasteiger partial charge is 0.360 e. The van der Waals surface area contributed by atoms with Crippen molar-refractivity contribution in [3.8, 4) is 0 Å². The predicted octanol–water partition coefficient (Wildman–Crippen LogP) is 4.83. The van der Waals surface area contributed by atoms with Crippen LogP contribution in [0.15, 0.2) is 59.4 Å². The second-order valence-electron chi connectivity index (χ2n) is 9.78. The van der Waals surface area contributed by atoms with Crippen molar-refractivity contribution in [1.82, 2.24) is 9.78 Å². The molecule has 2 aromatic heterocycles. The highest BCUT2D eigenvalue weighted by Crippen LogP contribution is 2.40. The number of anilines is 1. The molecule has 2 heterocycles. The SMILES string of the molecule is CCOC(=O)c1c(NC(=O)[C@H](OC(=O)c2nn(C)c(=O)c3ccccc23)c2ccccc2)sc2c1CC[C@@H](C)C2. The third kappa shape index (κ3) is 5.27. The number of ether oxygens (including phenoxy) is 2. The first-order valence-corrected chi connectivity index (χ1v) is 13.9. The highest BCUT2D eigenvalue weighted by molar-refractivity contribution is 7.17. The van der Waals surface area contributed by atoms with Gasteiger partial charge in [-0.25, -0.2) is 14.3 Å². The van der Waals surface area contributed by atoms with Gasteiger partial charge in [0.1, 0.15) is 5.00 Å². The van der Waals surface area contributed by atoms with E-state index < -0.39 is 23.9 Å². The van der Waals surface area contributed by atoms with Crippen molar-refractivity contribution in [3.05, 3.63) is 92.2 Å². The van der Waals surface area contributed by atoms with Crippen molar-refractivity contribution in [2.45, 2.75) is 39.2 Å². The van der Waals surface area contributed by atoms with Crippen LogP contribution in [0, 0.1) is 5.92 Å². The first-order valence-electron chi connectivity index (χ1n) is 13.1. The van der Waals surface area contributed by atoms with E-state index in [0.717, 1.165) is 34.4 Å². The quantitative estimate of drug-likeness (QED) is 0.322. The Hall–Kier alpha value is -4.31. The summed E-state index contributed by atoms with van der Waals surface area (Å²) in [5, 5.41) is 8.02. The van der Waals surface area contributed by atoms with Crippen molar-refractivity contribution < 1.29 is 23.9 Å². The summed E-state index contributed by atoms with van der Waals surface area (Å²) in [6, 6.07) is 15.2. The molecule has 2 atom stereocenters. The van der Waals surface area contributed by atoms with Crippen LogP contribution in [-0.2, 0) is 34.2 Å². The summed E-state index contributed by atoms with van der Waals surface area (Å²) in [5.41, 5.74) is 1.28. The van der Waals surface area contributed by atoms with Crippen LogP contribution < -0.4 is 10.9 Å². The van der Waals surface area contributed by atoms with Gasteiger partial charge >= 0.3 is 11.9 Å². The number of benzene rings is 2. The molecular formula is C30H29N3O6S. The number of hydrogen-bond donors (Lipinski definition) is 1. The third-order valence-corrected chi connectivity index (χ3v) is 8.11. The van der Waals surface area contributed by atoms with Gasteiger partial charge in [0.05, 0.1) is 17.6 Å². The predicted molar refractivity (Wildman–Crippen MR) is 152 cm³/mol. The van der Waals surface area contributed by atoms with Crippen LogP contribution >= 0.6 is 11.3 Å². The lowest BCUT2D eigenvalue weighted by Crippen LogP contribution is -2.28. The number of fused-ring (bicyclic) bond motifs is 2. The van der Waals surface area contributed by atoms with Gasteiger partial charge in [0.15, 0.2) is 5.69 Å². The second kappa shape index (κ2) is 11.4. The highest BCUT2D eigenvalue weighted by atomic mass is 32.1. The molecule has 0 saturated heterocycles. The molecule has 0 bridgehead atoms. The molecule has 0 saturated carbocycles. The fraction of sp³-hybridized carbons (Fsp3) is 0.300. The maximum atomic E-state index is 13.8. The number of rotatable bonds is 7. The van der Waals surface area contributed by atoms with E-state index in [1.165, 1.54) is 18.4 Å². The summed E-state index contributed by atoms with van der Waals surface area (Å²) < 4.78 is 12.2. The van der Waals surface area contributed by atoms with Gasteiger partial charge in [-0.1, -0.05) is 55.5 Å². The molecule has 0 unspecified atom stereocenters. The van der Waals surface area contributed by atoms with E-state index in [2.05, 4.69) is 17.3 Å². The van der Waals surface area contributed by atoms with Gasteiger partial charge in [0.25, 0.3) is 11.5 Å². The van der Waals surface area contributed by atoms with E-state index in [1.54, 1.807) is 61.5 Å². The van der Waals surface area contributed by atoms with E-state index in [9.17, 15) is 19.2 Å². The van der Waals surface area contributed by atoms with Gasteiger partial charge in [-0.3, -0.25) is 9.59 Å². The number of nitrogens with one attached hydrogen (secondary N) is 1. The van der Waals surface area contributed by atoms with Crippen molar-refractivity contribution in [2.24, 2.45) is 13.0 Å². The van der Waals surface area contributed by atoms with E-state index in [4.69, 9.17) is 9.47 Å². The molecule has 206 valence electrons. The summed E-state index contributed by atoms with van der Waals surface area (Å²) in [5.74, 6) is -1.50. The fourth-order valence-electron chi connectivity index (χ4n) is 4.95. The summed E-state index contributed by atoms with van der Waals surface area (Å²) in [6.07, 6.45) is 1.12. The normalized spacial score (nSPS) is 15.2. The molecule has 4 aromatic rings. The van der Waals surface area contributed by atoms with Crippen LogP contribution in [0.25, 0.3) is 10.8 Å². The Morgan fingerprint density at radius 2 is 1.77 bits per heavy atom. The summed E-state index contributed by atoms with van der Waals surface area (Å²) in [4.78, 5) is 53.8. The lowest BCUT2D eigenvalue weighted by Gasteiger charge is -2.19. The zero-order valence-corrected chi connectivity index (χ0v) is 23.2. The van der Waals surface area contributed by atoms with E-state index in [-0.39, 0.29) is 17.9 Å². The third-order valence-electron chi connectivity index (χ3n) is 6.94. The molecule has 2 aromatic carbocycles. The van der Waals surface area contributed by atoms with Crippen LogP contribution in [0.5, 0.6) is 0 Å². The topological polar surface area (TPSA) is 117 Å². The number of aryl methyl sites for hydroxylation is 1. The van der Waals surface area contributed by atoms with Crippen molar-refractivity contribution >= 4 is 45.0 Å². The van der Waals surface area contributed by atoms with E-state index in [1.807, 2.05) is 0 Å². The maximum Gasteiger partial charge on any atom is 0.360 e. The molecule has 0 aliphatic heterocycles. The summed E-state index contributed by atoms with van der Waals surface area (Å²) >= 11 is 1.36. The van der Waals surface area contributed by atoms with Gasteiger partial charge < -0.3 is 14.8 Å². The molecule has 0 spiro atoms. The molecule has 1 aliphatic rings. The van der Waals surface area contributed by atoms with Crippen molar-refractivity contribution in [2.75, 3.05) is 11.9 Å². The van der Waals surface area contributed by atoms with Crippen LogP contribution in [0.2, 0.25) is 0 Å². The first kappa shape index (κ1) is 27.3. The maximum absolute atomic E-state index is 13.8. The first-order chi connectivity index (χ1) is 19.3. The number of hydrogen-bond acceptors (Lipinski definition) is 8. The molecule has 1 amide bonds. The minimum atomic E-state index is -1.35. The van der Waals surface area contributed by atoms with E-state index >= 15 is 0 Å². The monoisotopic (exact) mass is 559 g/mol. The number of carbonyl (C=O) groups excluding carboxylic acids is 3. The lowest BCUT2D eigenvalue weighted by molar-refractivity contribution is -0.125. The fourth-order valence-corrected chi connectivity index (χ4v) is 6.35. The van der Waals surface area contributed by atoms with Gasteiger partial charge in [0, 0.05) is 22.9 Å². The Kier molecular flexibility index (Phi) is 7.79. The molecule has 40 heavy (non-hydrogen) atoms. The zero-order chi connectivity index (χ0) is 28.4. The number of thiophene rings is 1. The van der Waals surface area contributed by atoms with Gasteiger partial charge in [-0.2, -0.15) is 5.10 Å². The molecule has 10 heteroatoms. The second-order valence-corrected chi connectivity index (χ2v) is 10.9. The molecular weight excluding hydrogens is 530 g/mol. The highest BCUT2D eigenvalue weighted by Gasteiger charge is 2.33. The number of carbonyl (C=O) groups is 3. The Bertz CT molecular complexity index is 1660. The minimum Gasteiger partial charge on any atom is -0.462 e. The number of nitrogens with zero attached hydrogens (tertiary/aromatic N) is 2.